The van der Waals surface area contributed by atoms with Gasteiger partial charge in [0.15, 0.2) is 0 Å². The highest BCUT2D eigenvalue weighted by atomic mass is 79.9. The lowest BCUT2D eigenvalue weighted by Crippen LogP contribution is -2.40. The predicted octanol–water partition coefficient (Wildman–Crippen LogP) is 3.47. The molecule has 1 heterocycles. The predicted molar refractivity (Wildman–Crippen MR) is 75.9 cm³/mol. The molecule has 0 N–H and O–H groups in total. The van der Waals surface area contributed by atoms with E-state index in [0.29, 0.717) is 24.2 Å². The molecule has 0 bridgehead atoms. The van der Waals surface area contributed by atoms with Gasteiger partial charge in [0.25, 0.3) is 5.91 Å². The molecule has 0 spiro atoms. The standard InChI is InChI=1S/C13H16BrClN2O/c14-11-6-3-8-16-12(11)13(18)17(9-7-15)10-4-1-2-5-10/h3,6,8,10H,1-2,4-5,7,9H2. The van der Waals surface area contributed by atoms with Gasteiger partial charge in [0.05, 0.1) is 0 Å². The van der Waals surface area contributed by atoms with Crippen molar-refractivity contribution in [3.63, 3.8) is 0 Å². The van der Waals surface area contributed by atoms with E-state index in [2.05, 4.69) is 20.9 Å². The molecule has 1 fully saturated rings. The topological polar surface area (TPSA) is 33.2 Å². The molecule has 1 aromatic heterocycles. The number of nitrogens with zero attached hydrogens (tertiary/aromatic N) is 2. The van der Waals surface area contributed by atoms with Gasteiger partial charge in [-0.1, -0.05) is 12.8 Å². The Morgan fingerprint density at radius 2 is 2.22 bits per heavy atom. The molecule has 1 saturated carbocycles. The minimum absolute atomic E-state index is 0.0185. The Morgan fingerprint density at radius 1 is 1.50 bits per heavy atom. The van der Waals surface area contributed by atoms with Gasteiger partial charge in [0.2, 0.25) is 0 Å². The van der Waals surface area contributed by atoms with E-state index in [0.717, 1.165) is 17.3 Å². The highest BCUT2D eigenvalue weighted by molar-refractivity contribution is 9.10. The quantitative estimate of drug-likeness (QED) is 0.792. The van der Waals surface area contributed by atoms with E-state index in [-0.39, 0.29) is 5.91 Å². The van der Waals surface area contributed by atoms with Gasteiger partial charge in [-0.05, 0) is 40.9 Å². The van der Waals surface area contributed by atoms with Gasteiger partial charge >= 0.3 is 0 Å². The zero-order valence-corrected chi connectivity index (χ0v) is 12.5. The molecule has 98 valence electrons. The van der Waals surface area contributed by atoms with Crippen molar-refractivity contribution in [3.05, 3.63) is 28.5 Å². The molecule has 0 atom stereocenters. The third-order valence-corrected chi connectivity index (χ3v) is 4.12. The highest BCUT2D eigenvalue weighted by Gasteiger charge is 2.28. The summed E-state index contributed by atoms with van der Waals surface area (Å²) in [5, 5.41) is 0. The highest BCUT2D eigenvalue weighted by Crippen LogP contribution is 2.26. The van der Waals surface area contributed by atoms with Crippen molar-refractivity contribution in [1.29, 1.82) is 0 Å². The number of halogens is 2. The van der Waals surface area contributed by atoms with Gasteiger partial charge in [-0.25, -0.2) is 4.98 Å². The van der Waals surface area contributed by atoms with Crippen LogP contribution in [0.1, 0.15) is 36.2 Å². The fourth-order valence-corrected chi connectivity index (χ4v) is 3.04. The monoisotopic (exact) mass is 330 g/mol. The second kappa shape index (κ2) is 6.53. The first kappa shape index (κ1) is 13.8. The van der Waals surface area contributed by atoms with E-state index in [4.69, 9.17) is 11.6 Å². The maximum atomic E-state index is 12.5. The van der Waals surface area contributed by atoms with Crippen molar-refractivity contribution in [1.82, 2.24) is 9.88 Å². The average molecular weight is 332 g/mol. The Labute approximate surface area is 121 Å². The Balaban J connectivity index is 2.20. The molecular formula is C13H16BrClN2O. The number of amides is 1. The zero-order chi connectivity index (χ0) is 13.0. The second-order valence-electron chi connectivity index (χ2n) is 4.46. The number of aromatic nitrogens is 1. The number of hydrogen-bond acceptors (Lipinski definition) is 2. The second-order valence-corrected chi connectivity index (χ2v) is 5.69. The maximum Gasteiger partial charge on any atom is 0.273 e. The fraction of sp³-hybridized carbons (Fsp3) is 0.538. The van der Waals surface area contributed by atoms with Crippen molar-refractivity contribution in [3.8, 4) is 0 Å². The Hall–Kier alpha value is -0.610. The van der Waals surface area contributed by atoms with Crippen LogP contribution in [0.5, 0.6) is 0 Å². The molecule has 1 aromatic rings. The van der Waals surface area contributed by atoms with Crippen LogP contribution in [0.25, 0.3) is 0 Å². The van der Waals surface area contributed by atoms with Crippen LogP contribution in [0, 0.1) is 0 Å². The lowest BCUT2D eigenvalue weighted by atomic mass is 10.2. The largest absolute Gasteiger partial charge is 0.333 e. The molecule has 5 heteroatoms. The minimum Gasteiger partial charge on any atom is -0.333 e. The summed E-state index contributed by atoms with van der Waals surface area (Å²) in [6, 6.07) is 3.97. The number of alkyl halides is 1. The Kier molecular flexibility index (Phi) is 5.01. The zero-order valence-electron chi connectivity index (χ0n) is 10.1. The van der Waals surface area contributed by atoms with Gasteiger partial charge in [-0.15, -0.1) is 11.6 Å². The van der Waals surface area contributed by atoms with Crippen molar-refractivity contribution >= 4 is 33.4 Å². The minimum atomic E-state index is -0.0185. The molecule has 0 unspecified atom stereocenters. The fourth-order valence-electron chi connectivity index (χ4n) is 2.44. The number of carbonyl (C=O) groups is 1. The summed E-state index contributed by atoms with van der Waals surface area (Å²) in [5.74, 6) is 0.446. The van der Waals surface area contributed by atoms with Crippen LogP contribution in [0.2, 0.25) is 0 Å². The molecule has 18 heavy (non-hydrogen) atoms. The molecule has 0 aliphatic heterocycles. The Bertz CT molecular complexity index is 421. The van der Waals surface area contributed by atoms with Crippen LogP contribution in [-0.2, 0) is 0 Å². The van der Waals surface area contributed by atoms with Crippen molar-refractivity contribution in [2.75, 3.05) is 12.4 Å². The molecule has 1 amide bonds. The summed E-state index contributed by atoms with van der Waals surface area (Å²) in [6.07, 6.45) is 6.19. The van der Waals surface area contributed by atoms with E-state index in [9.17, 15) is 4.79 Å². The molecule has 3 nitrogen and oxygen atoms in total. The lowest BCUT2D eigenvalue weighted by Gasteiger charge is -2.28. The summed E-state index contributed by atoms with van der Waals surface area (Å²) in [4.78, 5) is 18.6. The summed E-state index contributed by atoms with van der Waals surface area (Å²) >= 11 is 9.20. The van der Waals surface area contributed by atoms with Crippen LogP contribution in [0.15, 0.2) is 22.8 Å². The van der Waals surface area contributed by atoms with Crippen LogP contribution >= 0.6 is 27.5 Å². The van der Waals surface area contributed by atoms with E-state index in [1.54, 1.807) is 6.20 Å². The van der Waals surface area contributed by atoms with Crippen molar-refractivity contribution < 1.29 is 4.79 Å². The summed E-state index contributed by atoms with van der Waals surface area (Å²) < 4.78 is 0.743. The number of carbonyl (C=O) groups excluding carboxylic acids is 1. The van der Waals surface area contributed by atoms with Gasteiger partial charge < -0.3 is 4.90 Å². The molecule has 1 aliphatic rings. The van der Waals surface area contributed by atoms with Crippen LogP contribution < -0.4 is 0 Å². The first-order chi connectivity index (χ1) is 8.74. The number of hydrogen-bond donors (Lipinski definition) is 0. The van der Waals surface area contributed by atoms with Crippen molar-refractivity contribution in [2.45, 2.75) is 31.7 Å². The van der Waals surface area contributed by atoms with E-state index >= 15 is 0 Å². The first-order valence-corrected chi connectivity index (χ1v) is 7.54. The normalized spacial score (nSPS) is 15.9. The van der Waals surface area contributed by atoms with Crippen LogP contribution in [-0.4, -0.2) is 34.3 Å². The van der Waals surface area contributed by atoms with Gasteiger partial charge in [-0.2, -0.15) is 0 Å². The summed E-state index contributed by atoms with van der Waals surface area (Å²) in [7, 11) is 0. The lowest BCUT2D eigenvalue weighted by molar-refractivity contribution is 0.0688. The molecule has 0 aromatic carbocycles. The molecule has 0 saturated heterocycles. The third-order valence-electron chi connectivity index (χ3n) is 3.31. The van der Waals surface area contributed by atoms with Gasteiger partial charge in [0, 0.05) is 29.1 Å². The van der Waals surface area contributed by atoms with Crippen LogP contribution in [0.4, 0.5) is 0 Å². The molecule has 1 aliphatic carbocycles. The van der Waals surface area contributed by atoms with E-state index in [1.165, 1.54) is 12.8 Å². The smallest absolute Gasteiger partial charge is 0.273 e. The maximum absolute atomic E-state index is 12.5. The van der Waals surface area contributed by atoms with Gasteiger partial charge in [-0.3, -0.25) is 4.79 Å². The number of rotatable bonds is 4. The van der Waals surface area contributed by atoms with E-state index in [1.807, 2.05) is 17.0 Å². The summed E-state index contributed by atoms with van der Waals surface area (Å²) in [5.41, 5.74) is 0.481. The molecular weight excluding hydrogens is 316 g/mol. The van der Waals surface area contributed by atoms with Crippen LogP contribution in [0.3, 0.4) is 0 Å². The molecule has 0 radical (unpaired) electrons. The SMILES string of the molecule is O=C(c1ncccc1Br)N(CCCl)C1CCCC1. The number of pyridine rings is 1. The average Bonchev–Trinajstić information content (AvgIpc) is 2.89. The Morgan fingerprint density at radius 3 is 2.83 bits per heavy atom. The third kappa shape index (κ3) is 3.04. The first-order valence-electron chi connectivity index (χ1n) is 6.21. The van der Waals surface area contributed by atoms with E-state index < -0.39 is 0 Å². The van der Waals surface area contributed by atoms with Gasteiger partial charge in [0.1, 0.15) is 5.69 Å². The summed E-state index contributed by atoms with van der Waals surface area (Å²) in [6.45, 7) is 0.591. The van der Waals surface area contributed by atoms with Crippen molar-refractivity contribution in [2.24, 2.45) is 0 Å². The molecule has 2 rings (SSSR count).